The summed E-state index contributed by atoms with van der Waals surface area (Å²) in [7, 11) is 0. The van der Waals surface area contributed by atoms with E-state index in [1.54, 1.807) is 40.8 Å². The molecule has 7 heteroatoms. The highest BCUT2D eigenvalue weighted by Crippen LogP contribution is 2.20. The summed E-state index contributed by atoms with van der Waals surface area (Å²) >= 11 is 0. The second-order valence-corrected chi connectivity index (χ2v) is 8.22. The van der Waals surface area contributed by atoms with Crippen molar-refractivity contribution in [3.63, 3.8) is 0 Å². The van der Waals surface area contributed by atoms with Crippen LogP contribution in [0.5, 0.6) is 0 Å². The van der Waals surface area contributed by atoms with Crippen molar-refractivity contribution in [2.75, 3.05) is 0 Å². The Morgan fingerprint density at radius 2 is 1.86 bits per heavy atom. The van der Waals surface area contributed by atoms with Crippen molar-refractivity contribution in [2.24, 2.45) is 5.92 Å². The number of alkyl carbamates (subject to hydrolysis) is 1. The Bertz CT molecular complexity index is 934. The second-order valence-electron chi connectivity index (χ2n) is 8.22. The molecule has 0 saturated carbocycles. The Kier molecular flexibility index (Phi) is 6.84. The highest BCUT2D eigenvalue weighted by Gasteiger charge is 2.26. The van der Waals surface area contributed by atoms with Crippen LogP contribution < -0.4 is 5.32 Å². The number of ether oxygens (including phenoxy) is 1. The first kappa shape index (κ1) is 22.2. The van der Waals surface area contributed by atoms with Gasteiger partial charge in [0.15, 0.2) is 5.78 Å². The molecule has 7 nitrogen and oxygen atoms in total. The zero-order valence-electron chi connectivity index (χ0n) is 17.4. The largest absolute Gasteiger partial charge is 0.478 e. The van der Waals surface area contributed by atoms with Crippen LogP contribution in [0.3, 0.4) is 0 Å². The maximum atomic E-state index is 12.9. The number of benzene rings is 1. The molecule has 29 heavy (non-hydrogen) atoms. The minimum Gasteiger partial charge on any atom is -0.478 e. The summed E-state index contributed by atoms with van der Waals surface area (Å²) in [5.74, 6) is -1.99. The molecule has 2 aromatic rings. The van der Waals surface area contributed by atoms with E-state index in [2.05, 4.69) is 10.3 Å². The van der Waals surface area contributed by atoms with Gasteiger partial charge in [0.05, 0.1) is 6.04 Å². The van der Waals surface area contributed by atoms with Gasteiger partial charge in [-0.2, -0.15) is 0 Å². The van der Waals surface area contributed by atoms with Gasteiger partial charge in [0.25, 0.3) is 0 Å². The van der Waals surface area contributed by atoms with E-state index in [1.807, 2.05) is 24.3 Å². The lowest BCUT2D eigenvalue weighted by Gasteiger charge is -2.23. The van der Waals surface area contributed by atoms with Gasteiger partial charge in [-0.25, -0.2) is 9.59 Å². The van der Waals surface area contributed by atoms with Crippen LogP contribution in [-0.2, 0) is 20.7 Å². The first-order chi connectivity index (χ1) is 13.5. The van der Waals surface area contributed by atoms with Crippen LogP contribution in [0.15, 0.2) is 42.1 Å². The van der Waals surface area contributed by atoms with Crippen LogP contribution in [0.2, 0.25) is 0 Å². The number of H-pyrrole nitrogens is 1. The molecule has 1 atom stereocenters. The number of amides is 1. The van der Waals surface area contributed by atoms with E-state index in [-0.39, 0.29) is 17.9 Å². The SMILES string of the molecule is CC(C)/C(=C/C(=O)[C@H](Cc1c[nH]c2ccccc12)NC(=O)OC(C)(C)C)C(=O)O. The summed E-state index contributed by atoms with van der Waals surface area (Å²) in [4.78, 5) is 39.8. The van der Waals surface area contributed by atoms with Crippen molar-refractivity contribution < 1.29 is 24.2 Å². The number of rotatable bonds is 7. The average Bonchev–Trinajstić information content (AvgIpc) is 2.99. The van der Waals surface area contributed by atoms with Crippen molar-refractivity contribution in [1.82, 2.24) is 10.3 Å². The van der Waals surface area contributed by atoms with Crippen molar-refractivity contribution in [2.45, 2.75) is 52.7 Å². The average molecular weight is 400 g/mol. The number of carbonyl (C=O) groups excluding carboxylic acids is 2. The molecule has 0 aliphatic heterocycles. The molecule has 0 saturated heterocycles. The predicted molar refractivity (Wildman–Crippen MR) is 111 cm³/mol. The number of para-hydroxylation sites is 1. The summed E-state index contributed by atoms with van der Waals surface area (Å²) in [5.41, 5.74) is 1.02. The molecule has 1 aromatic carbocycles. The second kappa shape index (κ2) is 8.94. The summed E-state index contributed by atoms with van der Waals surface area (Å²) in [6.07, 6.45) is 2.35. The number of ketones is 1. The first-order valence-corrected chi connectivity index (χ1v) is 9.51. The summed E-state index contributed by atoms with van der Waals surface area (Å²) in [6.45, 7) is 8.57. The molecular formula is C22H28N2O5. The zero-order valence-corrected chi connectivity index (χ0v) is 17.4. The van der Waals surface area contributed by atoms with E-state index in [1.165, 1.54) is 0 Å². The standard InChI is InChI=1S/C22H28N2O5/c1-13(2)16(20(26)27)11-19(25)18(24-21(28)29-22(3,4)5)10-14-12-23-17-9-7-6-8-15(14)17/h6-9,11-13,18,23H,10H2,1-5H3,(H,24,28)(H,26,27)/b16-11-/t18-/m0/s1. The third kappa shape index (κ3) is 6.20. The van der Waals surface area contributed by atoms with Crippen LogP contribution in [0, 0.1) is 5.92 Å². The Labute approximate surface area is 170 Å². The number of hydrogen-bond donors (Lipinski definition) is 3. The number of carboxylic acids is 1. The number of aliphatic carboxylic acids is 1. The van der Waals surface area contributed by atoms with Gasteiger partial charge in [0.2, 0.25) is 0 Å². The molecule has 1 aromatic heterocycles. The van der Waals surface area contributed by atoms with E-state index in [0.29, 0.717) is 0 Å². The third-order valence-electron chi connectivity index (χ3n) is 4.30. The molecule has 3 N–H and O–H groups in total. The van der Waals surface area contributed by atoms with Gasteiger partial charge in [-0.1, -0.05) is 32.0 Å². The van der Waals surface area contributed by atoms with Crippen LogP contribution in [0.25, 0.3) is 10.9 Å². The van der Waals surface area contributed by atoms with Gasteiger partial charge in [0, 0.05) is 29.1 Å². The van der Waals surface area contributed by atoms with Crippen LogP contribution in [0.1, 0.15) is 40.2 Å². The molecule has 1 amide bonds. The number of carboxylic acid groups (broad SMARTS) is 1. The van der Waals surface area contributed by atoms with Gasteiger partial charge in [-0.3, -0.25) is 4.79 Å². The molecule has 1 heterocycles. The number of fused-ring (bicyclic) bond motifs is 1. The van der Waals surface area contributed by atoms with Gasteiger partial charge in [-0.05, 0) is 44.4 Å². The molecule has 156 valence electrons. The zero-order chi connectivity index (χ0) is 21.8. The summed E-state index contributed by atoms with van der Waals surface area (Å²) < 4.78 is 5.28. The molecule has 0 spiro atoms. The fourth-order valence-electron chi connectivity index (χ4n) is 2.92. The number of aromatic nitrogens is 1. The molecule has 0 unspecified atom stereocenters. The monoisotopic (exact) mass is 400 g/mol. The molecule has 0 fully saturated rings. The molecule has 0 radical (unpaired) electrons. The number of hydrogen-bond acceptors (Lipinski definition) is 4. The van der Waals surface area contributed by atoms with Crippen molar-refractivity contribution >= 4 is 28.7 Å². The lowest BCUT2D eigenvalue weighted by atomic mass is 9.97. The maximum absolute atomic E-state index is 12.9. The van der Waals surface area contributed by atoms with Gasteiger partial charge < -0.3 is 20.1 Å². The minimum atomic E-state index is -1.16. The van der Waals surface area contributed by atoms with Gasteiger partial charge >= 0.3 is 12.1 Å². The van der Waals surface area contributed by atoms with Crippen LogP contribution in [0.4, 0.5) is 4.79 Å². The Morgan fingerprint density at radius 3 is 2.45 bits per heavy atom. The highest BCUT2D eigenvalue weighted by molar-refractivity contribution is 6.02. The van der Waals surface area contributed by atoms with Gasteiger partial charge in [-0.15, -0.1) is 0 Å². The fraction of sp³-hybridized carbons (Fsp3) is 0.409. The van der Waals surface area contributed by atoms with Crippen molar-refractivity contribution in [1.29, 1.82) is 0 Å². The van der Waals surface area contributed by atoms with E-state index in [0.717, 1.165) is 22.5 Å². The Hall–Kier alpha value is -3.09. The fourth-order valence-corrected chi connectivity index (χ4v) is 2.92. The normalized spacial score (nSPS) is 13.4. The van der Waals surface area contributed by atoms with E-state index in [4.69, 9.17) is 4.74 Å². The Morgan fingerprint density at radius 1 is 1.21 bits per heavy atom. The lowest BCUT2D eigenvalue weighted by Crippen LogP contribution is -2.44. The predicted octanol–water partition coefficient (Wildman–Crippen LogP) is 3.84. The minimum absolute atomic E-state index is 0.00934. The van der Waals surface area contributed by atoms with Crippen molar-refractivity contribution in [3.8, 4) is 0 Å². The number of carbonyl (C=O) groups is 3. The summed E-state index contributed by atoms with van der Waals surface area (Å²) in [5, 5.41) is 12.9. The van der Waals surface area contributed by atoms with E-state index < -0.39 is 29.5 Å². The van der Waals surface area contributed by atoms with Gasteiger partial charge in [0.1, 0.15) is 5.60 Å². The first-order valence-electron chi connectivity index (χ1n) is 9.51. The molecule has 0 aliphatic carbocycles. The Balaban J connectivity index is 2.34. The highest BCUT2D eigenvalue weighted by atomic mass is 16.6. The number of aromatic amines is 1. The van der Waals surface area contributed by atoms with Crippen LogP contribution >= 0.6 is 0 Å². The molecule has 2 rings (SSSR count). The number of nitrogens with one attached hydrogen (secondary N) is 2. The molecular weight excluding hydrogens is 372 g/mol. The van der Waals surface area contributed by atoms with Crippen LogP contribution in [-0.4, -0.2) is 39.6 Å². The summed E-state index contributed by atoms with van der Waals surface area (Å²) in [6, 6.07) is 6.66. The van der Waals surface area contributed by atoms with Crippen molar-refractivity contribution in [3.05, 3.63) is 47.7 Å². The van der Waals surface area contributed by atoms with E-state index in [9.17, 15) is 19.5 Å². The lowest BCUT2D eigenvalue weighted by molar-refractivity contribution is -0.133. The molecule has 0 aliphatic rings. The third-order valence-corrected chi connectivity index (χ3v) is 4.30. The quantitative estimate of drug-likeness (QED) is 0.612. The maximum Gasteiger partial charge on any atom is 0.408 e. The smallest absolute Gasteiger partial charge is 0.408 e. The molecule has 0 bridgehead atoms. The van der Waals surface area contributed by atoms with E-state index >= 15 is 0 Å². The topological polar surface area (TPSA) is 108 Å².